The molecule has 0 saturated heterocycles. The lowest BCUT2D eigenvalue weighted by Gasteiger charge is -2.06. The maximum absolute atomic E-state index is 5.78. The predicted molar refractivity (Wildman–Crippen MR) is 81.7 cm³/mol. The normalized spacial score (nSPS) is 11.3. The lowest BCUT2D eigenvalue weighted by atomic mass is 10.2. The molecule has 104 valence electrons. The van der Waals surface area contributed by atoms with Crippen LogP contribution in [0.5, 0.6) is 0 Å². The molecule has 2 rings (SSSR count). The summed E-state index contributed by atoms with van der Waals surface area (Å²) in [5.41, 5.74) is 8.89. The van der Waals surface area contributed by atoms with Gasteiger partial charge in [-0.05, 0) is 30.7 Å². The van der Waals surface area contributed by atoms with Crippen molar-refractivity contribution >= 4 is 5.96 Å². The number of benzene rings is 1. The zero-order valence-electron chi connectivity index (χ0n) is 11.6. The molecule has 0 saturated carbocycles. The van der Waals surface area contributed by atoms with E-state index in [4.69, 9.17) is 5.73 Å². The van der Waals surface area contributed by atoms with Crippen molar-refractivity contribution in [3.8, 4) is 5.69 Å². The highest BCUT2D eigenvalue weighted by molar-refractivity contribution is 5.78. The van der Waals surface area contributed by atoms with E-state index in [1.807, 2.05) is 48.1 Å². The first-order chi connectivity index (χ1) is 9.65. The number of hydrogen-bond donors (Lipinski definition) is 2. The maximum atomic E-state index is 5.78. The Morgan fingerprint density at radius 2 is 2.30 bits per heavy atom. The van der Waals surface area contributed by atoms with Crippen LogP contribution in [-0.4, -0.2) is 22.3 Å². The van der Waals surface area contributed by atoms with Gasteiger partial charge in [-0.3, -0.25) is 0 Å². The molecule has 3 N–H and O–H groups in total. The molecule has 0 aliphatic rings. The SMILES string of the molecule is C=C(C)CNC(N)=NCc1cccc(-n2cccn2)c1. The number of nitrogens with one attached hydrogen (secondary N) is 1. The molecule has 0 fully saturated rings. The highest BCUT2D eigenvalue weighted by atomic mass is 15.3. The van der Waals surface area contributed by atoms with E-state index >= 15 is 0 Å². The topological polar surface area (TPSA) is 68.2 Å². The first kappa shape index (κ1) is 13.9. The molecule has 0 radical (unpaired) electrons. The first-order valence-electron chi connectivity index (χ1n) is 6.42. The Bertz CT molecular complexity index is 598. The molecule has 1 aromatic heterocycles. The van der Waals surface area contributed by atoms with Crippen molar-refractivity contribution in [1.82, 2.24) is 15.1 Å². The van der Waals surface area contributed by atoms with E-state index in [0.29, 0.717) is 19.0 Å². The number of aromatic nitrogens is 2. The van der Waals surface area contributed by atoms with Gasteiger partial charge < -0.3 is 11.1 Å². The van der Waals surface area contributed by atoms with Gasteiger partial charge in [0, 0.05) is 18.9 Å². The van der Waals surface area contributed by atoms with E-state index in [1.165, 1.54) is 0 Å². The molecule has 0 aliphatic heterocycles. The van der Waals surface area contributed by atoms with Crippen LogP contribution in [0.25, 0.3) is 5.69 Å². The molecule has 1 heterocycles. The zero-order chi connectivity index (χ0) is 14.4. The van der Waals surface area contributed by atoms with Crippen LogP contribution in [-0.2, 0) is 6.54 Å². The summed E-state index contributed by atoms with van der Waals surface area (Å²) in [6.45, 7) is 6.91. The molecular weight excluding hydrogens is 250 g/mol. The molecule has 0 bridgehead atoms. The van der Waals surface area contributed by atoms with E-state index in [1.54, 1.807) is 6.20 Å². The average molecular weight is 269 g/mol. The van der Waals surface area contributed by atoms with Crippen LogP contribution in [0, 0.1) is 0 Å². The van der Waals surface area contributed by atoms with Crippen molar-refractivity contribution < 1.29 is 0 Å². The third-order valence-electron chi connectivity index (χ3n) is 2.68. The van der Waals surface area contributed by atoms with Gasteiger partial charge >= 0.3 is 0 Å². The Balaban J connectivity index is 2.01. The second-order valence-electron chi connectivity index (χ2n) is 4.63. The van der Waals surface area contributed by atoms with Crippen LogP contribution >= 0.6 is 0 Å². The standard InChI is InChI=1S/C15H19N5/c1-12(2)10-17-15(16)18-11-13-5-3-6-14(9-13)20-8-4-7-19-20/h3-9H,1,10-11H2,2H3,(H3,16,17,18). The van der Waals surface area contributed by atoms with Gasteiger partial charge in [-0.25, -0.2) is 9.67 Å². The lowest BCUT2D eigenvalue weighted by Crippen LogP contribution is -2.32. The molecule has 0 atom stereocenters. The molecule has 0 unspecified atom stereocenters. The van der Waals surface area contributed by atoms with Crippen molar-refractivity contribution in [2.24, 2.45) is 10.7 Å². The van der Waals surface area contributed by atoms with E-state index in [-0.39, 0.29) is 0 Å². The minimum atomic E-state index is 0.428. The lowest BCUT2D eigenvalue weighted by molar-refractivity contribution is 0.875. The van der Waals surface area contributed by atoms with Crippen LogP contribution in [0.3, 0.4) is 0 Å². The highest BCUT2D eigenvalue weighted by Crippen LogP contribution is 2.10. The quantitative estimate of drug-likeness (QED) is 0.494. The van der Waals surface area contributed by atoms with Crippen molar-refractivity contribution in [2.45, 2.75) is 13.5 Å². The smallest absolute Gasteiger partial charge is 0.189 e. The Hall–Kier alpha value is -2.56. The fourth-order valence-corrected chi connectivity index (χ4v) is 1.69. The monoisotopic (exact) mass is 269 g/mol. The molecule has 5 heteroatoms. The number of nitrogens with zero attached hydrogens (tertiary/aromatic N) is 3. The van der Waals surface area contributed by atoms with E-state index < -0.39 is 0 Å². The van der Waals surface area contributed by atoms with Crippen molar-refractivity contribution in [3.05, 3.63) is 60.4 Å². The van der Waals surface area contributed by atoms with E-state index in [0.717, 1.165) is 16.8 Å². The van der Waals surface area contributed by atoms with Gasteiger partial charge in [-0.1, -0.05) is 24.3 Å². The fraction of sp³-hybridized carbons (Fsp3) is 0.200. The largest absolute Gasteiger partial charge is 0.370 e. The zero-order valence-corrected chi connectivity index (χ0v) is 11.6. The molecule has 1 aromatic carbocycles. The summed E-state index contributed by atoms with van der Waals surface area (Å²) in [7, 11) is 0. The minimum absolute atomic E-state index is 0.428. The summed E-state index contributed by atoms with van der Waals surface area (Å²) in [6, 6.07) is 9.94. The van der Waals surface area contributed by atoms with Crippen LogP contribution < -0.4 is 11.1 Å². The summed E-state index contributed by atoms with van der Waals surface area (Å²) in [5.74, 6) is 0.428. The highest BCUT2D eigenvalue weighted by Gasteiger charge is 1.98. The molecule has 0 spiro atoms. The van der Waals surface area contributed by atoms with Gasteiger partial charge in [0.25, 0.3) is 0 Å². The van der Waals surface area contributed by atoms with Gasteiger partial charge in [0.1, 0.15) is 0 Å². The second kappa shape index (κ2) is 6.56. The molecule has 5 nitrogen and oxygen atoms in total. The van der Waals surface area contributed by atoms with Crippen LogP contribution in [0.4, 0.5) is 0 Å². The maximum Gasteiger partial charge on any atom is 0.189 e. The fourth-order valence-electron chi connectivity index (χ4n) is 1.69. The number of hydrogen-bond acceptors (Lipinski definition) is 2. The van der Waals surface area contributed by atoms with Crippen LogP contribution in [0.1, 0.15) is 12.5 Å². The first-order valence-corrected chi connectivity index (χ1v) is 6.42. The third-order valence-corrected chi connectivity index (χ3v) is 2.68. The number of aliphatic imine (C=N–C) groups is 1. The number of rotatable bonds is 5. The Labute approximate surface area is 118 Å². The minimum Gasteiger partial charge on any atom is -0.370 e. The van der Waals surface area contributed by atoms with Crippen LogP contribution in [0.2, 0.25) is 0 Å². The van der Waals surface area contributed by atoms with Gasteiger partial charge in [0.05, 0.1) is 12.2 Å². The summed E-state index contributed by atoms with van der Waals surface area (Å²) in [4.78, 5) is 4.30. The van der Waals surface area contributed by atoms with Crippen molar-refractivity contribution in [2.75, 3.05) is 6.54 Å². The van der Waals surface area contributed by atoms with Gasteiger partial charge in [-0.15, -0.1) is 0 Å². The molecular formula is C15H19N5. The van der Waals surface area contributed by atoms with Crippen LogP contribution in [0.15, 0.2) is 59.9 Å². The second-order valence-corrected chi connectivity index (χ2v) is 4.63. The van der Waals surface area contributed by atoms with Gasteiger partial charge in [0.2, 0.25) is 0 Å². The van der Waals surface area contributed by atoms with Gasteiger partial charge in [0.15, 0.2) is 5.96 Å². The summed E-state index contributed by atoms with van der Waals surface area (Å²) < 4.78 is 1.82. The van der Waals surface area contributed by atoms with Crippen molar-refractivity contribution in [3.63, 3.8) is 0 Å². The molecule has 20 heavy (non-hydrogen) atoms. The number of guanidine groups is 1. The van der Waals surface area contributed by atoms with E-state index in [2.05, 4.69) is 22.0 Å². The summed E-state index contributed by atoms with van der Waals surface area (Å²) in [6.07, 6.45) is 3.66. The van der Waals surface area contributed by atoms with Crippen molar-refractivity contribution in [1.29, 1.82) is 0 Å². The van der Waals surface area contributed by atoms with Gasteiger partial charge in [-0.2, -0.15) is 5.10 Å². The third kappa shape index (κ3) is 3.98. The summed E-state index contributed by atoms with van der Waals surface area (Å²) >= 11 is 0. The Morgan fingerprint density at radius 3 is 3.00 bits per heavy atom. The summed E-state index contributed by atoms with van der Waals surface area (Å²) in [5, 5.41) is 7.21. The Kier molecular flexibility index (Phi) is 4.55. The number of nitrogens with two attached hydrogens (primary N) is 1. The molecule has 2 aromatic rings. The Morgan fingerprint density at radius 1 is 1.45 bits per heavy atom. The molecule has 0 amide bonds. The molecule has 0 aliphatic carbocycles. The van der Waals surface area contributed by atoms with E-state index in [9.17, 15) is 0 Å². The predicted octanol–water partition coefficient (Wildman–Crippen LogP) is 1.85. The average Bonchev–Trinajstić information content (AvgIpc) is 2.97.